The van der Waals surface area contributed by atoms with E-state index in [1.54, 1.807) is 12.4 Å². The maximum absolute atomic E-state index is 11.4. The summed E-state index contributed by atoms with van der Waals surface area (Å²) in [5, 5.41) is 2.96. The summed E-state index contributed by atoms with van der Waals surface area (Å²) in [5.41, 5.74) is 0.183. The lowest BCUT2D eigenvalue weighted by Crippen LogP contribution is -2.32. The average molecular weight is 232 g/mol. The van der Waals surface area contributed by atoms with Crippen molar-refractivity contribution in [3.8, 4) is 0 Å². The minimum Gasteiger partial charge on any atom is -0.367 e. The third-order valence-corrected chi connectivity index (χ3v) is 2.35. The second-order valence-electron chi connectivity index (χ2n) is 3.60. The topological polar surface area (TPSA) is 79.8 Å². The average Bonchev–Trinajstić information content (AvgIpc) is 2.34. The molecule has 2 aromatic rings. The first-order valence-corrected chi connectivity index (χ1v) is 5.10. The van der Waals surface area contributed by atoms with Gasteiger partial charge in [-0.1, -0.05) is 6.07 Å². The first-order chi connectivity index (χ1) is 8.16. The third-order valence-electron chi connectivity index (χ3n) is 2.35. The molecule has 2 rings (SSSR count). The zero-order valence-electron chi connectivity index (χ0n) is 9.30. The number of anilines is 1. The van der Waals surface area contributed by atoms with Gasteiger partial charge in [0.25, 0.3) is 5.56 Å². The van der Waals surface area contributed by atoms with Crippen molar-refractivity contribution in [2.45, 2.75) is 6.54 Å². The highest BCUT2D eigenvalue weighted by atomic mass is 16.2. The minimum atomic E-state index is -0.439. The van der Waals surface area contributed by atoms with Gasteiger partial charge >= 0.3 is 5.69 Å². The number of rotatable bonds is 3. The van der Waals surface area contributed by atoms with Crippen LogP contribution in [0.15, 0.2) is 40.2 Å². The van der Waals surface area contributed by atoms with Gasteiger partial charge in [0.2, 0.25) is 0 Å². The summed E-state index contributed by atoms with van der Waals surface area (Å²) >= 11 is 0. The van der Waals surface area contributed by atoms with Gasteiger partial charge in [0.15, 0.2) is 0 Å². The van der Waals surface area contributed by atoms with Gasteiger partial charge in [-0.2, -0.15) is 0 Å². The van der Waals surface area contributed by atoms with Crippen molar-refractivity contribution >= 4 is 5.82 Å². The zero-order valence-corrected chi connectivity index (χ0v) is 9.30. The zero-order chi connectivity index (χ0) is 12.3. The number of pyridine rings is 1. The Bertz CT molecular complexity index is 584. The van der Waals surface area contributed by atoms with Crippen molar-refractivity contribution in [3.05, 3.63) is 57.0 Å². The van der Waals surface area contributed by atoms with Crippen molar-refractivity contribution in [1.29, 1.82) is 0 Å². The van der Waals surface area contributed by atoms with Gasteiger partial charge < -0.3 is 5.32 Å². The molecule has 2 aromatic heterocycles. The second-order valence-corrected chi connectivity index (χ2v) is 3.60. The first-order valence-electron chi connectivity index (χ1n) is 5.10. The van der Waals surface area contributed by atoms with E-state index in [9.17, 15) is 9.59 Å². The van der Waals surface area contributed by atoms with Gasteiger partial charge in [0.1, 0.15) is 5.82 Å². The Morgan fingerprint density at radius 3 is 2.94 bits per heavy atom. The molecule has 0 spiro atoms. The van der Waals surface area contributed by atoms with E-state index in [0.717, 1.165) is 10.1 Å². The number of nitrogens with one attached hydrogen (secondary N) is 2. The molecule has 17 heavy (non-hydrogen) atoms. The van der Waals surface area contributed by atoms with Gasteiger partial charge in [-0.15, -0.1) is 0 Å². The van der Waals surface area contributed by atoms with Crippen LogP contribution in [0, 0.1) is 0 Å². The van der Waals surface area contributed by atoms with Gasteiger partial charge in [0.05, 0.1) is 0 Å². The van der Waals surface area contributed by atoms with Crippen LogP contribution >= 0.6 is 0 Å². The van der Waals surface area contributed by atoms with Crippen LogP contribution in [0.5, 0.6) is 0 Å². The number of hydrogen-bond acceptors (Lipinski definition) is 4. The molecule has 0 aliphatic rings. The Morgan fingerprint density at radius 1 is 1.47 bits per heavy atom. The lowest BCUT2D eigenvalue weighted by atomic mass is 10.3. The molecule has 0 saturated carbocycles. The highest BCUT2D eigenvalue weighted by Gasteiger charge is 2.00. The van der Waals surface area contributed by atoms with Crippen LogP contribution in [0.2, 0.25) is 0 Å². The van der Waals surface area contributed by atoms with E-state index >= 15 is 0 Å². The fraction of sp³-hybridized carbons (Fsp3) is 0.182. The van der Waals surface area contributed by atoms with E-state index in [1.165, 1.54) is 13.1 Å². The molecule has 0 aliphatic carbocycles. The van der Waals surface area contributed by atoms with E-state index in [2.05, 4.69) is 15.3 Å². The molecule has 0 aliphatic heterocycles. The van der Waals surface area contributed by atoms with Crippen LogP contribution in [0.3, 0.4) is 0 Å². The monoisotopic (exact) mass is 232 g/mol. The SMILES string of the molecule is Cn1c(=O)cc(NCc2cccnc2)[nH]c1=O. The van der Waals surface area contributed by atoms with Crippen molar-refractivity contribution in [2.24, 2.45) is 7.05 Å². The Morgan fingerprint density at radius 2 is 2.29 bits per heavy atom. The van der Waals surface area contributed by atoms with Gasteiger partial charge in [-0.3, -0.25) is 19.3 Å². The molecular weight excluding hydrogens is 220 g/mol. The van der Waals surface area contributed by atoms with Crippen molar-refractivity contribution in [2.75, 3.05) is 5.32 Å². The summed E-state index contributed by atoms with van der Waals surface area (Å²) in [4.78, 5) is 29.2. The molecule has 2 N–H and O–H groups in total. The fourth-order valence-electron chi connectivity index (χ4n) is 1.35. The molecule has 2 heterocycles. The molecule has 0 aromatic carbocycles. The van der Waals surface area contributed by atoms with E-state index in [-0.39, 0.29) is 5.56 Å². The minimum absolute atomic E-state index is 0.345. The molecule has 0 bridgehead atoms. The Kier molecular flexibility index (Phi) is 3.04. The number of aromatic nitrogens is 3. The largest absolute Gasteiger partial charge is 0.367 e. The standard InChI is InChI=1S/C11H12N4O2/c1-15-10(16)5-9(14-11(15)17)13-7-8-3-2-4-12-6-8/h2-6,13H,7H2,1H3,(H,14,17). The van der Waals surface area contributed by atoms with E-state index < -0.39 is 5.69 Å². The fourth-order valence-corrected chi connectivity index (χ4v) is 1.35. The molecule has 0 saturated heterocycles. The summed E-state index contributed by atoms with van der Waals surface area (Å²) in [6.07, 6.45) is 3.40. The van der Waals surface area contributed by atoms with E-state index in [0.29, 0.717) is 12.4 Å². The summed E-state index contributed by atoms with van der Waals surface area (Å²) in [7, 11) is 1.42. The van der Waals surface area contributed by atoms with Gasteiger partial charge in [-0.05, 0) is 11.6 Å². The number of nitrogens with zero attached hydrogens (tertiary/aromatic N) is 2. The molecule has 6 heteroatoms. The predicted octanol–water partition coefficient (Wildman–Crippen LogP) is 0.0807. The molecule has 0 atom stereocenters. The van der Waals surface area contributed by atoms with Gasteiger partial charge in [0, 0.05) is 32.1 Å². The number of aromatic amines is 1. The summed E-state index contributed by atoms with van der Waals surface area (Å²) in [6, 6.07) is 5.07. The Labute approximate surface area is 97.0 Å². The van der Waals surface area contributed by atoms with Crippen LogP contribution in [0.1, 0.15) is 5.56 Å². The van der Waals surface area contributed by atoms with Crippen molar-refractivity contribution < 1.29 is 0 Å². The lowest BCUT2D eigenvalue weighted by Gasteiger charge is -2.06. The Hall–Kier alpha value is -2.37. The highest BCUT2D eigenvalue weighted by molar-refractivity contribution is 5.33. The van der Waals surface area contributed by atoms with Crippen LogP contribution < -0.4 is 16.6 Å². The Balaban J connectivity index is 2.16. The second kappa shape index (κ2) is 4.65. The molecule has 88 valence electrons. The van der Waals surface area contributed by atoms with Crippen molar-refractivity contribution in [3.63, 3.8) is 0 Å². The summed E-state index contributed by atoms with van der Waals surface area (Å²) < 4.78 is 1.01. The predicted molar refractivity (Wildman–Crippen MR) is 63.9 cm³/mol. The summed E-state index contributed by atoms with van der Waals surface area (Å²) in [5.74, 6) is 0.405. The maximum Gasteiger partial charge on any atom is 0.329 e. The molecule has 6 nitrogen and oxygen atoms in total. The lowest BCUT2D eigenvalue weighted by molar-refractivity contribution is 0.776. The van der Waals surface area contributed by atoms with Crippen LogP contribution in [-0.4, -0.2) is 14.5 Å². The number of hydrogen-bond donors (Lipinski definition) is 2. The normalized spacial score (nSPS) is 10.2. The first kappa shape index (κ1) is 11.1. The molecule has 0 radical (unpaired) electrons. The maximum atomic E-state index is 11.4. The molecule has 0 unspecified atom stereocenters. The smallest absolute Gasteiger partial charge is 0.329 e. The van der Waals surface area contributed by atoms with Gasteiger partial charge in [-0.25, -0.2) is 4.79 Å². The molecule has 0 fully saturated rings. The van der Waals surface area contributed by atoms with Crippen LogP contribution in [-0.2, 0) is 13.6 Å². The van der Waals surface area contributed by atoms with Crippen LogP contribution in [0.25, 0.3) is 0 Å². The third kappa shape index (κ3) is 2.60. The molecular formula is C11H12N4O2. The van der Waals surface area contributed by atoms with Crippen LogP contribution in [0.4, 0.5) is 5.82 Å². The number of H-pyrrole nitrogens is 1. The quantitative estimate of drug-likeness (QED) is 0.785. The molecule has 0 amide bonds. The van der Waals surface area contributed by atoms with Crippen molar-refractivity contribution in [1.82, 2.24) is 14.5 Å². The van der Waals surface area contributed by atoms with E-state index in [4.69, 9.17) is 0 Å². The highest BCUT2D eigenvalue weighted by Crippen LogP contribution is 2.00. The van der Waals surface area contributed by atoms with E-state index in [1.807, 2.05) is 12.1 Å². The summed E-state index contributed by atoms with van der Waals surface area (Å²) in [6.45, 7) is 0.497.